The standard InChI is InChI=1S/C25H26ClN3O4/c1-4-15(24-19(27-3)11-21(31-24)20(30)5-2)16-10-14(26)8-13-9-22(32-23(13)16)25-17-12-28-7-6-18(17)29-33-25/h4,8,10-11,20,22,28,30H,3,5-7,9,12H2,1-2H3/b15-4-. The van der Waals surface area contributed by atoms with E-state index in [0.29, 0.717) is 35.1 Å². The van der Waals surface area contributed by atoms with E-state index in [0.717, 1.165) is 59.0 Å². The highest BCUT2D eigenvalue weighted by Gasteiger charge is 2.35. The Morgan fingerprint density at radius 3 is 3.03 bits per heavy atom. The minimum atomic E-state index is -0.714. The number of ether oxygens (including phenoxy) is 1. The molecule has 0 saturated heterocycles. The number of aliphatic hydroxyl groups is 1. The fourth-order valence-corrected chi connectivity index (χ4v) is 4.81. The molecule has 0 aliphatic carbocycles. The third kappa shape index (κ3) is 3.80. The molecular weight excluding hydrogens is 442 g/mol. The van der Waals surface area contributed by atoms with Crippen LogP contribution in [0.1, 0.15) is 72.1 Å². The highest BCUT2D eigenvalue weighted by atomic mass is 35.5. The van der Waals surface area contributed by atoms with Crippen LogP contribution in [-0.4, -0.2) is 23.5 Å². The van der Waals surface area contributed by atoms with Gasteiger partial charge in [0.2, 0.25) is 0 Å². The highest BCUT2D eigenvalue weighted by Crippen LogP contribution is 2.47. The molecule has 8 heteroatoms. The molecule has 7 nitrogen and oxygen atoms in total. The number of aliphatic hydroxyl groups excluding tert-OH is 1. The van der Waals surface area contributed by atoms with E-state index >= 15 is 0 Å². The maximum Gasteiger partial charge on any atom is 0.182 e. The lowest BCUT2D eigenvalue weighted by Crippen LogP contribution is -2.24. The van der Waals surface area contributed by atoms with Crippen molar-refractivity contribution >= 4 is 29.6 Å². The van der Waals surface area contributed by atoms with E-state index in [-0.39, 0.29) is 6.10 Å². The molecule has 0 radical (unpaired) electrons. The molecule has 4 heterocycles. The lowest BCUT2D eigenvalue weighted by atomic mass is 9.97. The number of hydrogen-bond acceptors (Lipinski definition) is 7. The van der Waals surface area contributed by atoms with Crippen LogP contribution < -0.4 is 10.1 Å². The Morgan fingerprint density at radius 2 is 2.27 bits per heavy atom. The smallest absolute Gasteiger partial charge is 0.182 e. The van der Waals surface area contributed by atoms with E-state index in [2.05, 4.69) is 22.2 Å². The van der Waals surface area contributed by atoms with E-state index in [1.807, 2.05) is 32.1 Å². The Hall–Kier alpha value is -2.87. The first-order chi connectivity index (χ1) is 16.0. The van der Waals surface area contributed by atoms with E-state index in [1.165, 1.54) is 0 Å². The molecule has 2 unspecified atom stereocenters. The molecule has 0 bridgehead atoms. The van der Waals surface area contributed by atoms with Crippen molar-refractivity contribution in [2.24, 2.45) is 4.99 Å². The largest absolute Gasteiger partial charge is 0.481 e. The molecule has 5 rings (SSSR count). The maximum absolute atomic E-state index is 10.3. The van der Waals surface area contributed by atoms with Crippen LogP contribution in [0.3, 0.4) is 0 Å². The van der Waals surface area contributed by atoms with Crippen LogP contribution in [0.5, 0.6) is 5.75 Å². The minimum absolute atomic E-state index is 0.280. The summed E-state index contributed by atoms with van der Waals surface area (Å²) in [6.07, 6.45) is 2.94. The van der Waals surface area contributed by atoms with Gasteiger partial charge in [0.25, 0.3) is 0 Å². The summed E-state index contributed by atoms with van der Waals surface area (Å²) in [6, 6.07) is 5.51. The molecular formula is C25H26ClN3O4. The number of nitrogens with one attached hydrogen (secondary N) is 1. The van der Waals surface area contributed by atoms with Gasteiger partial charge in [0, 0.05) is 59.3 Å². The summed E-state index contributed by atoms with van der Waals surface area (Å²) in [6.45, 7) is 9.10. The molecule has 2 atom stereocenters. The number of furan rings is 1. The number of benzene rings is 1. The average molecular weight is 468 g/mol. The SMILES string of the molecule is C=Nc1cc(C(O)CC)oc1/C(=C\C)c1cc(Cl)cc2c1OC(c1onc3c1CNCC3)C2. The zero-order chi connectivity index (χ0) is 23.1. The fraction of sp³-hybridized carbons (Fsp3) is 0.360. The van der Waals surface area contributed by atoms with Crippen molar-refractivity contribution in [3.63, 3.8) is 0 Å². The van der Waals surface area contributed by atoms with Gasteiger partial charge in [-0.3, -0.25) is 4.99 Å². The number of nitrogens with zero attached hydrogens (tertiary/aromatic N) is 2. The summed E-state index contributed by atoms with van der Waals surface area (Å²) in [7, 11) is 0. The van der Waals surface area contributed by atoms with E-state index in [1.54, 1.807) is 6.07 Å². The average Bonchev–Trinajstić information content (AvgIpc) is 3.55. The van der Waals surface area contributed by atoms with Gasteiger partial charge < -0.3 is 24.1 Å². The van der Waals surface area contributed by atoms with Crippen LogP contribution in [0, 0.1) is 0 Å². The molecule has 0 fully saturated rings. The summed E-state index contributed by atoms with van der Waals surface area (Å²) in [4.78, 5) is 4.12. The molecule has 2 aromatic heterocycles. The van der Waals surface area contributed by atoms with Crippen molar-refractivity contribution in [2.75, 3.05) is 6.54 Å². The number of allylic oxidation sites excluding steroid dienone is 1. The van der Waals surface area contributed by atoms with E-state index in [9.17, 15) is 5.11 Å². The maximum atomic E-state index is 10.3. The van der Waals surface area contributed by atoms with Crippen molar-refractivity contribution in [1.82, 2.24) is 10.5 Å². The summed E-state index contributed by atoms with van der Waals surface area (Å²) in [5.41, 5.74) is 5.20. The van der Waals surface area contributed by atoms with Crippen molar-refractivity contribution in [3.05, 3.63) is 69.0 Å². The summed E-state index contributed by atoms with van der Waals surface area (Å²) in [5, 5.41) is 18.5. The molecule has 3 aromatic rings. The monoisotopic (exact) mass is 467 g/mol. The van der Waals surface area contributed by atoms with Crippen LogP contribution >= 0.6 is 11.6 Å². The molecule has 0 spiro atoms. The van der Waals surface area contributed by atoms with Crippen molar-refractivity contribution in [2.45, 2.75) is 51.9 Å². The molecule has 2 aliphatic heterocycles. The van der Waals surface area contributed by atoms with Gasteiger partial charge in [0.15, 0.2) is 17.6 Å². The second-order valence-electron chi connectivity index (χ2n) is 8.30. The number of halogens is 1. The lowest BCUT2D eigenvalue weighted by Gasteiger charge is -2.15. The Kier molecular flexibility index (Phi) is 5.86. The second-order valence-corrected chi connectivity index (χ2v) is 8.74. The number of hydrogen-bond donors (Lipinski definition) is 2. The lowest BCUT2D eigenvalue weighted by molar-refractivity contribution is 0.145. The molecule has 172 valence electrons. The fourth-order valence-electron chi connectivity index (χ4n) is 4.57. The van der Waals surface area contributed by atoms with Gasteiger partial charge in [0.05, 0.1) is 5.69 Å². The van der Waals surface area contributed by atoms with Gasteiger partial charge in [-0.2, -0.15) is 0 Å². The molecule has 1 aromatic carbocycles. The Bertz CT molecular complexity index is 1240. The van der Waals surface area contributed by atoms with E-state index < -0.39 is 6.10 Å². The Morgan fingerprint density at radius 1 is 1.42 bits per heavy atom. The number of aliphatic imine (C=N–C) groups is 1. The molecule has 2 N–H and O–H groups in total. The molecule has 0 saturated carbocycles. The highest BCUT2D eigenvalue weighted by molar-refractivity contribution is 6.31. The Labute approximate surface area is 197 Å². The molecule has 2 aliphatic rings. The zero-order valence-electron chi connectivity index (χ0n) is 18.7. The van der Waals surface area contributed by atoms with Gasteiger partial charge in [-0.25, -0.2) is 0 Å². The van der Waals surface area contributed by atoms with E-state index in [4.69, 9.17) is 25.3 Å². The van der Waals surface area contributed by atoms with Gasteiger partial charge in [-0.15, -0.1) is 0 Å². The van der Waals surface area contributed by atoms with Gasteiger partial charge in [-0.05, 0) is 32.2 Å². The zero-order valence-corrected chi connectivity index (χ0v) is 19.4. The first-order valence-corrected chi connectivity index (χ1v) is 11.5. The molecule has 0 amide bonds. The predicted molar refractivity (Wildman–Crippen MR) is 126 cm³/mol. The topological polar surface area (TPSA) is 93.0 Å². The normalized spacial score (nSPS) is 18.5. The number of aromatic nitrogens is 1. The predicted octanol–water partition coefficient (Wildman–Crippen LogP) is 5.47. The van der Waals surface area contributed by atoms with Crippen LogP contribution in [0.25, 0.3) is 5.57 Å². The summed E-state index contributed by atoms with van der Waals surface area (Å²) < 4.78 is 18.2. The second kappa shape index (κ2) is 8.82. The van der Waals surface area contributed by atoms with Gasteiger partial charge in [0.1, 0.15) is 23.3 Å². The summed E-state index contributed by atoms with van der Waals surface area (Å²) >= 11 is 6.52. The van der Waals surface area contributed by atoms with Crippen LogP contribution in [-0.2, 0) is 19.4 Å². The van der Waals surface area contributed by atoms with Crippen molar-refractivity contribution < 1.29 is 18.8 Å². The van der Waals surface area contributed by atoms with Crippen LogP contribution in [0.15, 0.2) is 38.2 Å². The minimum Gasteiger partial charge on any atom is -0.481 e. The third-order valence-electron chi connectivity index (χ3n) is 6.27. The van der Waals surface area contributed by atoms with Crippen molar-refractivity contribution in [3.8, 4) is 5.75 Å². The Balaban J connectivity index is 1.55. The van der Waals surface area contributed by atoms with Crippen molar-refractivity contribution in [1.29, 1.82) is 0 Å². The number of rotatable bonds is 6. The summed E-state index contributed by atoms with van der Waals surface area (Å²) in [5.74, 6) is 2.47. The quantitative estimate of drug-likeness (QED) is 0.467. The molecule has 33 heavy (non-hydrogen) atoms. The number of fused-ring (bicyclic) bond motifs is 2. The van der Waals surface area contributed by atoms with Crippen LogP contribution in [0.4, 0.5) is 5.69 Å². The van der Waals surface area contributed by atoms with Crippen LogP contribution in [0.2, 0.25) is 5.02 Å². The first kappa shape index (κ1) is 21.9. The van der Waals surface area contributed by atoms with Gasteiger partial charge >= 0.3 is 0 Å². The van der Waals surface area contributed by atoms with Gasteiger partial charge in [-0.1, -0.05) is 29.8 Å². The first-order valence-electron chi connectivity index (χ1n) is 11.2. The third-order valence-corrected chi connectivity index (χ3v) is 6.49.